The maximum Gasteiger partial charge on any atom is 0.0455 e. The van der Waals surface area contributed by atoms with Crippen molar-refractivity contribution >= 4 is 6.21 Å². The lowest BCUT2D eigenvalue weighted by Crippen LogP contribution is -2.21. The van der Waals surface area contributed by atoms with Crippen LogP contribution in [-0.2, 0) is 5.41 Å². The molecule has 1 aromatic carbocycles. The molecule has 0 heterocycles. The zero-order valence-corrected chi connectivity index (χ0v) is 9.33. The van der Waals surface area contributed by atoms with Gasteiger partial charge in [0.2, 0.25) is 0 Å². The fourth-order valence-corrected chi connectivity index (χ4v) is 1.66. The van der Waals surface area contributed by atoms with Gasteiger partial charge in [0, 0.05) is 11.6 Å². The Kier molecular flexibility index (Phi) is 3.62. The highest BCUT2D eigenvalue weighted by molar-refractivity contribution is 5.74. The summed E-state index contributed by atoms with van der Waals surface area (Å²) in [6.45, 7) is 7.75. The maximum absolute atomic E-state index is 7.56. The molecule has 78 valence electrons. The third kappa shape index (κ3) is 2.44. The summed E-state index contributed by atoms with van der Waals surface area (Å²) < 4.78 is 0. The van der Waals surface area contributed by atoms with E-state index in [-0.39, 0.29) is 5.41 Å². The maximum atomic E-state index is 7.56. The van der Waals surface area contributed by atoms with E-state index >= 15 is 0 Å². The molecule has 0 aliphatic heterocycles. The molecule has 1 nitrogen and oxygen atoms in total. The van der Waals surface area contributed by atoms with E-state index in [9.17, 15) is 0 Å². The lowest BCUT2D eigenvalue weighted by atomic mass is 9.81. The van der Waals surface area contributed by atoms with E-state index in [0.717, 1.165) is 5.56 Å². The van der Waals surface area contributed by atoms with Crippen LogP contribution in [0.5, 0.6) is 0 Å². The Labute approximate surface area is 91.7 Å². The Morgan fingerprint density at radius 1 is 1.33 bits per heavy atom. The first-order chi connectivity index (χ1) is 7.14. The predicted molar refractivity (Wildman–Crippen MR) is 66.7 cm³/mol. The van der Waals surface area contributed by atoms with Crippen molar-refractivity contribution in [2.75, 3.05) is 0 Å². The molecule has 1 unspecified atom stereocenters. The molecule has 0 aliphatic rings. The number of aryl methyl sites for hydroxylation is 1. The SMILES string of the molecule is C=C/C=C\C(C)(C=N)c1ccccc1C. The number of allylic oxidation sites excluding steroid dienone is 3. The topological polar surface area (TPSA) is 23.9 Å². The van der Waals surface area contributed by atoms with Gasteiger partial charge in [0.15, 0.2) is 0 Å². The van der Waals surface area contributed by atoms with Crippen LogP contribution in [0.25, 0.3) is 0 Å². The van der Waals surface area contributed by atoms with Gasteiger partial charge in [0.25, 0.3) is 0 Å². The van der Waals surface area contributed by atoms with Gasteiger partial charge in [-0.3, -0.25) is 0 Å². The van der Waals surface area contributed by atoms with E-state index in [2.05, 4.69) is 25.6 Å². The van der Waals surface area contributed by atoms with Gasteiger partial charge in [-0.2, -0.15) is 0 Å². The van der Waals surface area contributed by atoms with Gasteiger partial charge in [-0.15, -0.1) is 0 Å². The van der Waals surface area contributed by atoms with Crippen LogP contribution in [0.2, 0.25) is 0 Å². The van der Waals surface area contributed by atoms with Crippen molar-refractivity contribution in [3.63, 3.8) is 0 Å². The lowest BCUT2D eigenvalue weighted by molar-refractivity contribution is 0.814. The van der Waals surface area contributed by atoms with E-state index in [1.807, 2.05) is 31.2 Å². The van der Waals surface area contributed by atoms with Gasteiger partial charge in [0.1, 0.15) is 0 Å². The molecule has 0 saturated heterocycles. The molecule has 1 N–H and O–H groups in total. The van der Waals surface area contributed by atoms with Crippen LogP contribution in [0, 0.1) is 12.3 Å². The van der Waals surface area contributed by atoms with E-state index in [0.29, 0.717) is 0 Å². The monoisotopic (exact) mass is 199 g/mol. The molecule has 0 aromatic heterocycles. The number of rotatable bonds is 4. The average Bonchev–Trinajstić information content (AvgIpc) is 2.26. The van der Waals surface area contributed by atoms with E-state index in [1.54, 1.807) is 6.08 Å². The third-order valence-corrected chi connectivity index (χ3v) is 2.60. The molecule has 0 spiro atoms. The molecule has 1 rings (SSSR count). The fraction of sp³-hybridized carbons (Fsp3) is 0.214. The molecule has 15 heavy (non-hydrogen) atoms. The summed E-state index contributed by atoms with van der Waals surface area (Å²) in [5.74, 6) is 0. The van der Waals surface area contributed by atoms with Crippen LogP contribution < -0.4 is 0 Å². The molecule has 0 bridgehead atoms. The summed E-state index contributed by atoms with van der Waals surface area (Å²) in [6, 6.07) is 8.15. The second-order valence-electron chi connectivity index (χ2n) is 3.84. The Morgan fingerprint density at radius 3 is 2.53 bits per heavy atom. The number of hydrogen-bond donors (Lipinski definition) is 1. The zero-order chi connectivity index (χ0) is 11.3. The molecule has 0 aliphatic carbocycles. The highest BCUT2D eigenvalue weighted by atomic mass is 14.4. The first-order valence-electron chi connectivity index (χ1n) is 5.02. The van der Waals surface area contributed by atoms with Crippen LogP contribution in [0.15, 0.2) is 49.1 Å². The number of benzene rings is 1. The number of hydrogen-bond acceptors (Lipinski definition) is 1. The first-order valence-corrected chi connectivity index (χ1v) is 5.02. The second kappa shape index (κ2) is 4.74. The molecule has 1 atom stereocenters. The summed E-state index contributed by atoms with van der Waals surface area (Å²) in [6.07, 6.45) is 7.09. The average molecular weight is 199 g/mol. The second-order valence-corrected chi connectivity index (χ2v) is 3.84. The standard InChI is InChI=1S/C14H17N/c1-4-5-10-14(3,11-15)13-9-7-6-8-12(13)2/h4-11,15H,1H2,2-3H3/b10-5-,15-11?. The molecular weight excluding hydrogens is 182 g/mol. The van der Waals surface area contributed by atoms with Crippen LogP contribution in [0.1, 0.15) is 18.1 Å². The smallest absolute Gasteiger partial charge is 0.0455 e. The van der Waals surface area contributed by atoms with Crippen LogP contribution in [0.4, 0.5) is 0 Å². The van der Waals surface area contributed by atoms with Gasteiger partial charge in [-0.05, 0) is 25.0 Å². The summed E-state index contributed by atoms with van der Waals surface area (Å²) >= 11 is 0. The van der Waals surface area contributed by atoms with Gasteiger partial charge in [-0.25, -0.2) is 0 Å². The number of nitrogens with one attached hydrogen (secondary N) is 1. The minimum atomic E-state index is -0.334. The van der Waals surface area contributed by atoms with Crippen molar-refractivity contribution in [2.45, 2.75) is 19.3 Å². The van der Waals surface area contributed by atoms with Crippen LogP contribution >= 0.6 is 0 Å². The van der Waals surface area contributed by atoms with E-state index in [1.165, 1.54) is 11.8 Å². The molecule has 0 amide bonds. The van der Waals surface area contributed by atoms with Crippen molar-refractivity contribution in [3.05, 3.63) is 60.2 Å². The van der Waals surface area contributed by atoms with Crippen molar-refractivity contribution in [3.8, 4) is 0 Å². The minimum Gasteiger partial charge on any atom is -0.312 e. The summed E-state index contributed by atoms with van der Waals surface area (Å²) in [4.78, 5) is 0. The van der Waals surface area contributed by atoms with Crippen LogP contribution in [0.3, 0.4) is 0 Å². The van der Waals surface area contributed by atoms with Crippen molar-refractivity contribution in [1.82, 2.24) is 0 Å². The summed E-state index contributed by atoms with van der Waals surface area (Å²) in [5, 5.41) is 7.56. The third-order valence-electron chi connectivity index (χ3n) is 2.60. The Hall–Kier alpha value is -1.63. The molecular formula is C14H17N. The van der Waals surface area contributed by atoms with Crippen LogP contribution in [-0.4, -0.2) is 6.21 Å². The molecule has 0 radical (unpaired) electrons. The van der Waals surface area contributed by atoms with Crippen molar-refractivity contribution < 1.29 is 0 Å². The Morgan fingerprint density at radius 2 is 2.00 bits per heavy atom. The minimum absolute atomic E-state index is 0.334. The summed E-state index contributed by atoms with van der Waals surface area (Å²) in [7, 11) is 0. The van der Waals surface area contributed by atoms with E-state index in [4.69, 9.17) is 5.41 Å². The van der Waals surface area contributed by atoms with Gasteiger partial charge < -0.3 is 5.41 Å². The normalized spacial score (nSPS) is 14.8. The van der Waals surface area contributed by atoms with Gasteiger partial charge >= 0.3 is 0 Å². The fourth-order valence-electron chi connectivity index (χ4n) is 1.66. The van der Waals surface area contributed by atoms with Gasteiger partial charge in [-0.1, -0.05) is 49.1 Å². The van der Waals surface area contributed by atoms with Crippen molar-refractivity contribution in [2.24, 2.45) is 0 Å². The predicted octanol–water partition coefficient (Wildman–Crippen LogP) is 3.64. The Bertz CT molecular complexity index is 390. The molecule has 0 saturated carbocycles. The van der Waals surface area contributed by atoms with E-state index < -0.39 is 0 Å². The summed E-state index contributed by atoms with van der Waals surface area (Å²) in [5.41, 5.74) is 2.04. The molecule has 0 fully saturated rings. The molecule has 1 aromatic rings. The Balaban J connectivity index is 3.22. The molecule has 1 heteroatoms. The highest BCUT2D eigenvalue weighted by Gasteiger charge is 2.21. The first kappa shape index (κ1) is 11.4. The van der Waals surface area contributed by atoms with Gasteiger partial charge in [0.05, 0.1) is 0 Å². The zero-order valence-electron chi connectivity index (χ0n) is 9.33. The quantitative estimate of drug-likeness (QED) is 0.565. The van der Waals surface area contributed by atoms with Crippen molar-refractivity contribution in [1.29, 1.82) is 5.41 Å². The highest BCUT2D eigenvalue weighted by Crippen LogP contribution is 2.26. The largest absolute Gasteiger partial charge is 0.312 e. The lowest BCUT2D eigenvalue weighted by Gasteiger charge is -2.23.